The first-order valence-corrected chi connectivity index (χ1v) is 19.7. The molecule has 0 heterocycles. The lowest BCUT2D eigenvalue weighted by Gasteiger charge is -2.36. The summed E-state index contributed by atoms with van der Waals surface area (Å²) in [5.74, 6) is 0. The largest absolute Gasteiger partial charge is 0.361 e. The van der Waals surface area contributed by atoms with Crippen molar-refractivity contribution >= 4 is 8.07 Å². The molecule has 3 aromatic carbocycles. The number of rotatable bonds is 22. The Morgan fingerprint density at radius 1 is 0.463 bits per heavy atom. The molecule has 0 aliphatic carbocycles. The fraction of sp³-hybridized carbons (Fsp3) is 0.514. The van der Waals surface area contributed by atoms with Crippen molar-refractivity contribution < 1.29 is 14.2 Å². The Kier molecular flexibility index (Phi) is 15.4. The molecule has 0 saturated carbocycles. The second kappa shape index (κ2) is 19.0. The maximum atomic E-state index is 6.90. The van der Waals surface area contributed by atoms with Gasteiger partial charge in [-0.25, -0.2) is 0 Å². The van der Waals surface area contributed by atoms with E-state index < -0.39 is 13.7 Å². The van der Waals surface area contributed by atoms with Gasteiger partial charge >= 0.3 is 0 Å². The van der Waals surface area contributed by atoms with Gasteiger partial charge in [-0.1, -0.05) is 162 Å². The predicted molar refractivity (Wildman–Crippen MR) is 176 cm³/mol. The van der Waals surface area contributed by atoms with Crippen LogP contribution in [0.2, 0.25) is 25.7 Å². The molecule has 4 heteroatoms. The third-order valence-electron chi connectivity index (χ3n) is 7.71. The molecule has 41 heavy (non-hydrogen) atoms. The zero-order chi connectivity index (χ0) is 29.1. The van der Waals surface area contributed by atoms with E-state index in [9.17, 15) is 0 Å². The first-order chi connectivity index (χ1) is 20.0. The average Bonchev–Trinajstić information content (AvgIpc) is 2.99. The molecule has 0 spiro atoms. The number of hydrogen-bond donors (Lipinski definition) is 0. The van der Waals surface area contributed by atoms with E-state index in [1.165, 1.54) is 74.1 Å². The van der Waals surface area contributed by atoms with Gasteiger partial charge in [0.2, 0.25) is 0 Å². The highest BCUT2D eigenvalue weighted by atomic mass is 28.3. The van der Waals surface area contributed by atoms with Crippen molar-refractivity contribution in [3.63, 3.8) is 0 Å². The van der Waals surface area contributed by atoms with Crippen LogP contribution in [0.15, 0.2) is 91.0 Å². The smallest absolute Gasteiger partial charge is 0.146 e. The highest BCUT2D eigenvalue weighted by molar-refractivity contribution is 6.76. The summed E-state index contributed by atoms with van der Waals surface area (Å²) in [6, 6.07) is 33.3. The van der Waals surface area contributed by atoms with E-state index in [1.54, 1.807) is 0 Å². The molecule has 0 aliphatic heterocycles. The third kappa shape index (κ3) is 12.3. The van der Waals surface area contributed by atoms with Gasteiger partial charge in [0, 0.05) is 27.9 Å². The summed E-state index contributed by atoms with van der Waals surface area (Å²) < 4.78 is 18.1. The van der Waals surface area contributed by atoms with Crippen LogP contribution in [0.1, 0.15) is 80.9 Å². The topological polar surface area (TPSA) is 27.7 Å². The molecule has 0 unspecified atom stereocenters. The number of benzene rings is 3. The number of unbranched alkanes of at least 4 members (excludes halogenated alkanes) is 9. The fourth-order valence-electron chi connectivity index (χ4n) is 5.27. The second-order valence-corrected chi connectivity index (χ2v) is 18.0. The van der Waals surface area contributed by atoms with Crippen molar-refractivity contribution in [2.24, 2.45) is 0 Å². The van der Waals surface area contributed by atoms with Gasteiger partial charge in [0.25, 0.3) is 0 Å². The molecule has 3 nitrogen and oxygen atoms in total. The van der Waals surface area contributed by atoms with Gasteiger partial charge in [-0.05, 0) is 35.6 Å². The minimum absolute atomic E-state index is 0.460. The van der Waals surface area contributed by atoms with Crippen LogP contribution >= 0.6 is 0 Å². The zero-order valence-corrected chi connectivity index (χ0v) is 27.0. The Balaban J connectivity index is 1.30. The molecular formula is C37H54O3Si. The molecule has 0 N–H and O–H groups in total. The minimum atomic E-state index is -0.995. The SMILES string of the molecule is C[Si](C)(C)CCOCOCCCCCCCCCCCCOC(c1ccccc1)(c1ccccc1)c1ccccc1. The van der Waals surface area contributed by atoms with E-state index in [0.717, 1.165) is 32.7 Å². The van der Waals surface area contributed by atoms with Crippen molar-refractivity contribution in [1.29, 1.82) is 0 Å². The Labute approximate surface area is 251 Å². The van der Waals surface area contributed by atoms with Crippen molar-refractivity contribution in [3.8, 4) is 0 Å². The molecular weight excluding hydrogens is 520 g/mol. The minimum Gasteiger partial charge on any atom is -0.361 e. The third-order valence-corrected chi connectivity index (χ3v) is 9.41. The van der Waals surface area contributed by atoms with Crippen LogP contribution in [0, 0.1) is 0 Å². The summed E-state index contributed by atoms with van der Waals surface area (Å²) in [6.45, 7) is 10.0. The molecule has 224 valence electrons. The molecule has 0 saturated heterocycles. The van der Waals surface area contributed by atoms with Crippen molar-refractivity contribution in [2.75, 3.05) is 26.6 Å². The van der Waals surface area contributed by atoms with Crippen molar-refractivity contribution in [3.05, 3.63) is 108 Å². The Hall–Kier alpha value is -2.24. The standard InChI is InChI=1S/C37H54O3Si/c1-41(2,3)32-31-39-33-38-29-21-10-8-6-4-5-7-9-11-22-30-40-37(34-23-15-12-16-24-34,35-25-17-13-18-26-35)36-27-19-14-20-28-36/h12-20,23-28H,4-11,21-22,29-33H2,1-3H3. The van der Waals surface area contributed by atoms with Gasteiger partial charge in [-0.15, -0.1) is 0 Å². The molecule has 0 bridgehead atoms. The molecule has 0 aliphatic rings. The van der Waals surface area contributed by atoms with Crippen LogP contribution in [-0.2, 0) is 19.8 Å². The van der Waals surface area contributed by atoms with E-state index in [2.05, 4.69) is 111 Å². The molecule has 0 radical (unpaired) electrons. The monoisotopic (exact) mass is 574 g/mol. The van der Waals surface area contributed by atoms with E-state index >= 15 is 0 Å². The molecule has 0 aromatic heterocycles. The summed E-state index contributed by atoms with van der Waals surface area (Å²) in [7, 11) is -0.995. The Morgan fingerprint density at radius 3 is 1.24 bits per heavy atom. The molecule has 0 atom stereocenters. The van der Waals surface area contributed by atoms with Gasteiger partial charge in [-0.2, -0.15) is 0 Å². The van der Waals surface area contributed by atoms with Crippen LogP contribution in [0.5, 0.6) is 0 Å². The molecule has 0 fully saturated rings. The average molecular weight is 575 g/mol. The normalized spacial score (nSPS) is 12.1. The van der Waals surface area contributed by atoms with Gasteiger partial charge in [0.15, 0.2) is 0 Å². The van der Waals surface area contributed by atoms with Crippen molar-refractivity contribution in [1.82, 2.24) is 0 Å². The fourth-order valence-corrected chi connectivity index (χ4v) is 6.03. The van der Waals surface area contributed by atoms with Crippen LogP contribution in [0.25, 0.3) is 0 Å². The first-order valence-electron chi connectivity index (χ1n) is 16.0. The van der Waals surface area contributed by atoms with Gasteiger partial charge in [0.05, 0.1) is 0 Å². The van der Waals surface area contributed by atoms with Crippen LogP contribution < -0.4 is 0 Å². The quantitative estimate of drug-likeness (QED) is 0.0517. The number of hydrogen-bond acceptors (Lipinski definition) is 3. The second-order valence-electron chi connectivity index (χ2n) is 12.4. The lowest BCUT2D eigenvalue weighted by Crippen LogP contribution is -2.33. The van der Waals surface area contributed by atoms with Crippen LogP contribution in [-0.4, -0.2) is 34.7 Å². The summed E-state index contributed by atoms with van der Waals surface area (Å²) in [6.07, 6.45) is 12.6. The van der Waals surface area contributed by atoms with E-state index in [-0.39, 0.29) is 0 Å². The zero-order valence-electron chi connectivity index (χ0n) is 26.0. The van der Waals surface area contributed by atoms with Crippen LogP contribution in [0.3, 0.4) is 0 Å². The van der Waals surface area contributed by atoms with E-state index in [4.69, 9.17) is 14.2 Å². The highest BCUT2D eigenvalue weighted by Gasteiger charge is 2.37. The maximum absolute atomic E-state index is 6.90. The first kappa shape index (κ1) is 33.3. The highest BCUT2D eigenvalue weighted by Crippen LogP contribution is 2.40. The maximum Gasteiger partial charge on any atom is 0.146 e. The van der Waals surface area contributed by atoms with Gasteiger partial charge < -0.3 is 14.2 Å². The van der Waals surface area contributed by atoms with E-state index in [0.29, 0.717) is 6.79 Å². The summed E-state index contributed by atoms with van der Waals surface area (Å²) >= 11 is 0. The van der Waals surface area contributed by atoms with E-state index in [1.807, 2.05) is 0 Å². The molecule has 3 aromatic rings. The van der Waals surface area contributed by atoms with Gasteiger partial charge in [-0.3, -0.25) is 0 Å². The number of ether oxygens (including phenoxy) is 3. The molecule has 3 rings (SSSR count). The Morgan fingerprint density at radius 2 is 0.829 bits per heavy atom. The summed E-state index contributed by atoms with van der Waals surface area (Å²) in [5.41, 5.74) is 2.93. The molecule has 0 amide bonds. The lowest BCUT2D eigenvalue weighted by molar-refractivity contribution is -0.0504. The van der Waals surface area contributed by atoms with Gasteiger partial charge in [0.1, 0.15) is 12.4 Å². The Bertz CT molecular complexity index is 937. The lowest BCUT2D eigenvalue weighted by atomic mass is 9.80. The summed E-state index contributed by atoms with van der Waals surface area (Å²) in [4.78, 5) is 0. The predicted octanol–water partition coefficient (Wildman–Crippen LogP) is 10.2. The van der Waals surface area contributed by atoms with Crippen molar-refractivity contribution in [2.45, 2.75) is 95.5 Å². The summed E-state index contributed by atoms with van der Waals surface area (Å²) in [5, 5.41) is 0. The van der Waals surface area contributed by atoms with Crippen LogP contribution in [0.4, 0.5) is 0 Å².